The van der Waals surface area contributed by atoms with Crippen molar-refractivity contribution in [3.8, 4) is 22.9 Å². The second kappa shape index (κ2) is 10.4. The Kier molecular flexibility index (Phi) is 6.61. The maximum atomic E-state index is 13.0. The summed E-state index contributed by atoms with van der Waals surface area (Å²) in [6, 6.07) is 11.7. The molecule has 0 spiro atoms. The van der Waals surface area contributed by atoms with Crippen molar-refractivity contribution in [2.75, 3.05) is 28.6 Å². The summed E-state index contributed by atoms with van der Waals surface area (Å²) >= 11 is 0. The van der Waals surface area contributed by atoms with Crippen molar-refractivity contribution in [3.05, 3.63) is 84.4 Å². The number of carbonyl (C=O) groups excluding carboxylic acids is 1. The third kappa shape index (κ3) is 5.60. The highest BCUT2D eigenvalue weighted by molar-refractivity contribution is 6.00. The molecule has 1 saturated heterocycles. The van der Waals surface area contributed by atoms with E-state index >= 15 is 0 Å². The van der Waals surface area contributed by atoms with E-state index in [1.807, 2.05) is 24.4 Å². The molecule has 41 heavy (non-hydrogen) atoms. The fraction of sp³-hybridized carbons (Fsp3) is 0.179. The summed E-state index contributed by atoms with van der Waals surface area (Å²) in [5.41, 5.74) is 2.47. The Morgan fingerprint density at radius 1 is 0.976 bits per heavy atom. The lowest BCUT2D eigenvalue weighted by molar-refractivity contribution is -0.137. The van der Waals surface area contributed by atoms with Crippen molar-refractivity contribution in [1.82, 2.24) is 24.6 Å². The minimum atomic E-state index is -4.52. The number of hydrogen-bond donors (Lipinski definition) is 2. The highest BCUT2D eigenvalue weighted by Gasteiger charge is 2.31. The fourth-order valence-electron chi connectivity index (χ4n) is 4.24. The first kappa shape index (κ1) is 26.0. The van der Waals surface area contributed by atoms with Crippen LogP contribution in [0.1, 0.15) is 17.5 Å². The maximum absolute atomic E-state index is 13.0. The van der Waals surface area contributed by atoms with E-state index in [0.717, 1.165) is 47.8 Å². The second-order valence-electron chi connectivity index (χ2n) is 9.44. The smallest absolute Gasteiger partial charge is 0.416 e. The van der Waals surface area contributed by atoms with E-state index in [9.17, 15) is 18.0 Å². The Bertz CT molecular complexity index is 1720. The van der Waals surface area contributed by atoms with Gasteiger partial charge in [-0.2, -0.15) is 18.3 Å². The predicted molar refractivity (Wildman–Crippen MR) is 146 cm³/mol. The first-order valence-corrected chi connectivity index (χ1v) is 12.7. The summed E-state index contributed by atoms with van der Waals surface area (Å²) in [7, 11) is 0. The number of fused-ring (bicyclic) bond motifs is 1. The highest BCUT2D eigenvalue weighted by atomic mass is 19.4. The number of amides is 2. The van der Waals surface area contributed by atoms with Gasteiger partial charge in [-0.25, -0.2) is 24.3 Å². The Hall–Kier alpha value is -5.20. The molecule has 6 rings (SSSR count). The van der Waals surface area contributed by atoms with Gasteiger partial charge in [-0.1, -0.05) is 18.2 Å². The number of benzene rings is 2. The molecule has 2 N–H and O–H groups in total. The lowest BCUT2D eigenvalue weighted by Gasteiger charge is -2.31. The van der Waals surface area contributed by atoms with Crippen molar-refractivity contribution < 1.29 is 22.7 Å². The Labute approximate surface area is 231 Å². The molecule has 0 radical (unpaired) electrons. The van der Waals surface area contributed by atoms with Gasteiger partial charge in [0, 0.05) is 30.5 Å². The van der Waals surface area contributed by atoms with Gasteiger partial charge in [0.25, 0.3) is 0 Å². The van der Waals surface area contributed by atoms with E-state index in [1.165, 1.54) is 24.9 Å². The third-order valence-electron chi connectivity index (χ3n) is 6.61. The standard InChI is InChI=1S/C28H23F3N8O2/c1-17-3-6-19(28(29,30)31)13-23(17)36-26(40)35-20-14-32-27(33-15-20)41-21-7-4-18(5-8-21)22-16-34-39-12-9-24(37-25(22)39)38-10-2-11-38/h3-9,12-16H,2,10-11H2,1H3,(H2,35,36,40). The van der Waals surface area contributed by atoms with Crippen LogP contribution in [0.5, 0.6) is 11.8 Å². The summed E-state index contributed by atoms with van der Waals surface area (Å²) in [4.78, 5) is 27.6. The topological polar surface area (TPSA) is 110 Å². The van der Waals surface area contributed by atoms with E-state index < -0.39 is 17.8 Å². The number of alkyl halides is 3. The van der Waals surface area contributed by atoms with E-state index in [-0.39, 0.29) is 17.4 Å². The molecule has 13 heteroatoms. The number of nitrogens with one attached hydrogen (secondary N) is 2. The first-order chi connectivity index (χ1) is 19.7. The Morgan fingerprint density at radius 2 is 1.73 bits per heavy atom. The molecule has 1 fully saturated rings. The van der Waals surface area contributed by atoms with Gasteiger partial charge >= 0.3 is 18.2 Å². The lowest BCUT2D eigenvalue weighted by atomic mass is 10.1. The van der Waals surface area contributed by atoms with Crippen LogP contribution in [0.3, 0.4) is 0 Å². The van der Waals surface area contributed by atoms with Crippen LogP contribution < -0.4 is 20.3 Å². The van der Waals surface area contributed by atoms with Gasteiger partial charge in [-0.15, -0.1) is 0 Å². The summed E-state index contributed by atoms with van der Waals surface area (Å²) in [6.45, 7) is 3.60. The van der Waals surface area contributed by atoms with Gasteiger partial charge in [-0.3, -0.25) is 0 Å². The molecular formula is C28H23F3N8O2. The van der Waals surface area contributed by atoms with Crippen molar-refractivity contribution in [3.63, 3.8) is 0 Å². The Morgan fingerprint density at radius 3 is 2.41 bits per heavy atom. The van der Waals surface area contributed by atoms with E-state index in [4.69, 9.17) is 9.72 Å². The molecule has 5 aromatic rings. The van der Waals surface area contributed by atoms with Gasteiger partial charge in [0.15, 0.2) is 5.65 Å². The number of rotatable bonds is 6. The Balaban J connectivity index is 1.09. The molecular weight excluding hydrogens is 537 g/mol. The van der Waals surface area contributed by atoms with Gasteiger partial charge < -0.3 is 20.3 Å². The molecule has 1 aliphatic heterocycles. The minimum absolute atomic E-state index is 0.0399. The average molecular weight is 561 g/mol. The largest absolute Gasteiger partial charge is 0.424 e. The van der Waals surface area contributed by atoms with Gasteiger partial charge in [0.05, 0.1) is 29.8 Å². The van der Waals surface area contributed by atoms with Crippen LogP contribution in [-0.2, 0) is 6.18 Å². The zero-order valence-corrected chi connectivity index (χ0v) is 21.7. The molecule has 0 unspecified atom stereocenters. The van der Waals surface area contributed by atoms with Crippen LogP contribution >= 0.6 is 0 Å². The first-order valence-electron chi connectivity index (χ1n) is 12.7. The number of ether oxygens (including phenoxy) is 1. The maximum Gasteiger partial charge on any atom is 0.416 e. The molecule has 208 valence electrons. The minimum Gasteiger partial charge on any atom is -0.424 e. The zero-order valence-electron chi connectivity index (χ0n) is 21.7. The molecule has 4 heterocycles. The van der Waals surface area contributed by atoms with Crippen molar-refractivity contribution in [2.24, 2.45) is 0 Å². The van der Waals surface area contributed by atoms with Gasteiger partial charge in [0.2, 0.25) is 0 Å². The molecule has 0 atom stereocenters. The third-order valence-corrected chi connectivity index (χ3v) is 6.61. The molecule has 0 aliphatic carbocycles. The molecule has 1 aliphatic rings. The van der Waals surface area contributed by atoms with Crippen LogP contribution in [0.4, 0.5) is 35.2 Å². The van der Waals surface area contributed by atoms with Gasteiger partial charge in [-0.05, 0) is 54.8 Å². The van der Waals surface area contributed by atoms with Crippen molar-refractivity contribution in [2.45, 2.75) is 19.5 Å². The highest BCUT2D eigenvalue weighted by Crippen LogP contribution is 2.32. The van der Waals surface area contributed by atoms with Crippen LogP contribution in [0.15, 0.2) is 73.3 Å². The van der Waals surface area contributed by atoms with Crippen LogP contribution in [0.2, 0.25) is 0 Å². The number of urea groups is 1. The number of nitrogens with zero attached hydrogens (tertiary/aromatic N) is 6. The van der Waals surface area contributed by atoms with Crippen molar-refractivity contribution >= 4 is 28.9 Å². The van der Waals surface area contributed by atoms with E-state index in [0.29, 0.717) is 11.3 Å². The average Bonchev–Trinajstić information content (AvgIpc) is 3.33. The predicted octanol–water partition coefficient (Wildman–Crippen LogP) is 6.16. The number of aryl methyl sites for hydroxylation is 1. The molecule has 0 saturated carbocycles. The monoisotopic (exact) mass is 560 g/mol. The summed E-state index contributed by atoms with van der Waals surface area (Å²) in [5, 5.41) is 9.32. The number of halogens is 3. The normalized spacial score (nSPS) is 13.1. The van der Waals surface area contributed by atoms with Crippen LogP contribution in [-0.4, -0.2) is 43.7 Å². The number of carbonyl (C=O) groups is 1. The number of hydrogen-bond acceptors (Lipinski definition) is 7. The van der Waals surface area contributed by atoms with E-state index in [2.05, 4.69) is 30.6 Å². The van der Waals surface area contributed by atoms with Crippen LogP contribution in [0, 0.1) is 6.92 Å². The quantitative estimate of drug-likeness (QED) is 0.256. The van der Waals surface area contributed by atoms with Crippen LogP contribution in [0.25, 0.3) is 16.8 Å². The molecule has 10 nitrogen and oxygen atoms in total. The lowest BCUT2D eigenvalue weighted by Crippen LogP contribution is -2.37. The molecule has 2 aromatic carbocycles. The summed E-state index contributed by atoms with van der Waals surface area (Å²) < 4.78 is 46.5. The summed E-state index contributed by atoms with van der Waals surface area (Å²) in [6.07, 6.45) is 2.99. The van der Waals surface area contributed by atoms with Gasteiger partial charge in [0.1, 0.15) is 11.6 Å². The number of anilines is 3. The zero-order chi connectivity index (χ0) is 28.6. The molecule has 0 bridgehead atoms. The molecule has 3 aromatic heterocycles. The van der Waals surface area contributed by atoms with Crippen molar-refractivity contribution in [1.29, 1.82) is 0 Å². The van der Waals surface area contributed by atoms with E-state index in [1.54, 1.807) is 29.8 Å². The SMILES string of the molecule is Cc1ccc(C(F)(F)F)cc1NC(=O)Nc1cnc(Oc2ccc(-c3cnn4ccc(N5CCC5)nc34)cc2)nc1. The molecule has 2 amide bonds. The second-order valence-corrected chi connectivity index (χ2v) is 9.44. The number of aromatic nitrogens is 5. The fourth-order valence-corrected chi connectivity index (χ4v) is 4.24. The summed E-state index contributed by atoms with van der Waals surface area (Å²) in [5.74, 6) is 1.43.